The minimum atomic E-state index is 0.0256. The highest BCUT2D eigenvalue weighted by atomic mass is 16.5. The lowest BCUT2D eigenvalue weighted by molar-refractivity contribution is 0.0139. The molecule has 1 aliphatic rings. The number of amides is 1. The number of hydrogen-bond donors (Lipinski definition) is 1. The number of benzene rings is 1. The molecule has 0 saturated carbocycles. The van der Waals surface area contributed by atoms with Gasteiger partial charge in [0, 0.05) is 31.8 Å². The van der Waals surface area contributed by atoms with E-state index in [0.717, 1.165) is 18.6 Å². The number of piperidine rings is 1. The van der Waals surface area contributed by atoms with Crippen LogP contribution in [-0.2, 0) is 4.74 Å². The van der Waals surface area contributed by atoms with Crippen molar-refractivity contribution in [2.45, 2.75) is 25.0 Å². The number of likely N-dealkylation sites (tertiary alicyclic amines) is 1. The fourth-order valence-electron chi connectivity index (χ4n) is 2.62. The van der Waals surface area contributed by atoms with E-state index >= 15 is 0 Å². The van der Waals surface area contributed by atoms with Gasteiger partial charge in [0.2, 0.25) is 0 Å². The largest absolute Gasteiger partial charge is 0.497 e. The third-order valence-corrected chi connectivity index (χ3v) is 3.87. The minimum Gasteiger partial charge on any atom is -0.497 e. The number of ether oxygens (including phenoxy) is 2. The Bertz CT molecular complexity index is 447. The van der Waals surface area contributed by atoms with E-state index in [1.54, 1.807) is 38.5 Å². The van der Waals surface area contributed by atoms with Crippen molar-refractivity contribution in [3.05, 3.63) is 29.8 Å². The molecule has 0 aliphatic carbocycles. The SMILES string of the molecule is COc1ccc(C(=O)N2CCC(OC)CC2CN)cc1. The molecular formula is C15H22N2O3. The Balaban J connectivity index is 2.10. The molecule has 0 aromatic heterocycles. The van der Waals surface area contributed by atoms with E-state index in [0.29, 0.717) is 18.7 Å². The van der Waals surface area contributed by atoms with Gasteiger partial charge in [-0.3, -0.25) is 4.79 Å². The third-order valence-electron chi connectivity index (χ3n) is 3.87. The zero-order chi connectivity index (χ0) is 14.5. The molecule has 1 fully saturated rings. The summed E-state index contributed by atoms with van der Waals surface area (Å²) in [6, 6.07) is 7.22. The molecule has 2 N–H and O–H groups in total. The molecule has 2 unspecified atom stereocenters. The minimum absolute atomic E-state index is 0.0256. The van der Waals surface area contributed by atoms with Crippen molar-refractivity contribution >= 4 is 5.91 Å². The summed E-state index contributed by atoms with van der Waals surface area (Å²) in [7, 11) is 3.32. The van der Waals surface area contributed by atoms with Gasteiger partial charge >= 0.3 is 0 Å². The summed E-state index contributed by atoms with van der Waals surface area (Å²) >= 11 is 0. The Morgan fingerprint density at radius 3 is 2.60 bits per heavy atom. The van der Waals surface area contributed by atoms with Crippen LogP contribution in [0.3, 0.4) is 0 Å². The molecule has 1 amide bonds. The van der Waals surface area contributed by atoms with E-state index in [1.807, 2.05) is 4.90 Å². The van der Waals surface area contributed by atoms with Gasteiger partial charge in [0.1, 0.15) is 5.75 Å². The number of carbonyl (C=O) groups is 1. The fourth-order valence-corrected chi connectivity index (χ4v) is 2.62. The molecule has 1 aromatic carbocycles. The summed E-state index contributed by atoms with van der Waals surface area (Å²) in [5.41, 5.74) is 6.47. The van der Waals surface area contributed by atoms with Crippen molar-refractivity contribution in [2.75, 3.05) is 27.3 Å². The Hall–Kier alpha value is -1.59. The van der Waals surface area contributed by atoms with Crippen LogP contribution in [0.1, 0.15) is 23.2 Å². The van der Waals surface area contributed by atoms with Crippen molar-refractivity contribution in [3.8, 4) is 5.75 Å². The maximum atomic E-state index is 12.6. The standard InChI is InChI=1S/C15H22N2O3/c1-19-13-5-3-11(4-6-13)15(18)17-8-7-14(20-2)9-12(17)10-16/h3-6,12,14H,7-10,16H2,1-2H3. The topological polar surface area (TPSA) is 64.8 Å². The Morgan fingerprint density at radius 2 is 2.05 bits per heavy atom. The van der Waals surface area contributed by atoms with E-state index in [-0.39, 0.29) is 18.1 Å². The summed E-state index contributed by atoms with van der Waals surface area (Å²) in [5, 5.41) is 0. The molecule has 0 spiro atoms. The maximum Gasteiger partial charge on any atom is 0.254 e. The highest BCUT2D eigenvalue weighted by Gasteiger charge is 2.31. The highest BCUT2D eigenvalue weighted by molar-refractivity contribution is 5.94. The first-order valence-electron chi connectivity index (χ1n) is 6.87. The molecule has 2 atom stereocenters. The van der Waals surface area contributed by atoms with Crippen LogP contribution in [0.5, 0.6) is 5.75 Å². The second-order valence-electron chi connectivity index (χ2n) is 5.00. The van der Waals surface area contributed by atoms with Gasteiger partial charge in [-0.1, -0.05) is 0 Å². The molecule has 1 heterocycles. The Morgan fingerprint density at radius 1 is 1.35 bits per heavy atom. The van der Waals surface area contributed by atoms with Crippen LogP contribution in [0.4, 0.5) is 0 Å². The van der Waals surface area contributed by atoms with Crippen molar-refractivity contribution in [1.82, 2.24) is 4.90 Å². The first-order chi connectivity index (χ1) is 9.69. The van der Waals surface area contributed by atoms with Gasteiger partial charge in [-0.2, -0.15) is 0 Å². The van der Waals surface area contributed by atoms with E-state index in [4.69, 9.17) is 15.2 Å². The number of rotatable bonds is 4. The molecule has 0 bridgehead atoms. The lowest BCUT2D eigenvalue weighted by Gasteiger charge is -2.38. The van der Waals surface area contributed by atoms with E-state index in [2.05, 4.69) is 0 Å². The Labute approximate surface area is 119 Å². The van der Waals surface area contributed by atoms with Crippen LogP contribution in [0, 0.1) is 0 Å². The quantitative estimate of drug-likeness (QED) is 0.901. The maximum absolute atomic E-state index is 12.6. The summed E-state index contributed by atoms with van der Waals surface area (Å²) in [6.45, 7) is 1.15. The van der Waals surface area contributed by atoms with Crippen LogP contribution >= 0.6 is 0 Å². The number of carbonyl (C=O) groups excluding carboxylic acids is 1. The number of hydrogen-bond acceptors (Lipinski definition) is 4. The van der Waals surface area contributed by atoms with Gasteiger partial charge < -0.3 is 20.1 Å². The van der Waals surface area contributed by atoms with Gasteiger partial charge in [0.25, 0.3) is 5.91 Å². The second-order valence-corrected chi connectivity index (χ2v) is 5.00. The predicted molar refractivity (Wildman–Crippen MR) is 76.9 cm³/mol. The summed E-state index contributed by atoms with van der Waals surface area (Å²) in [4.78, 5) is 14.4. The normalized spacial score (nSPS) is 22.6. The van der Waals surface area contributed by atoms with E-state index in [9.17, 15) is 4.79 Å². The molecule has 0 radical (unpaired) electrons. The molecule has 5 heteroatoms. The van der Waals surface area contributed by atoms with Gasteiger partial charge in [-0.15, -0.1) is 0 Å². The van der Waals surface area contributed by atoms with Crippen molar-refractivity contribution < 1.29 is 14.3 Å². The van der Waals surface area contributed by atoms with Crippen LogP contribution in [0.2, 0.25) is 0 Å². The fraction of sp³-hybridized carbons (Fsp3) is 0.533. The van der Waals surface area contributed by atoms with Gasteiger partial charge in [-0.05, 0) is 37.1 Å². The molecule has 2 rings (SSSR count). The van der Waals surface area contributed by atoms with E-state index < -0.39 is 0 Å². The van der Waals surface area contributed by atoms with Gasteiger partial charge in [0.15, 0.2) is 0 Å². The predicted octanol–water partition coefficient (Wildman–Crippen LogP) is 1.27. The number of nitrogens with zero attached hydrogens (tertiary/aromatic N) is 1. The summed E-state index contributed by atoms with van der Waals surface area (Å²) in [6.07, 6.45) is 1.85. The third kappa shape index (κ3) is 3.11. The van der Waals surface area contributed by atoms with Gasteiger partial charge in [-0.25, -0.2) is 0 Å². The molecule has 1 saturated heterocycles. The number of methoxy groups -OCH3 is 2. The van der Waals surface area contributed by atoms with Crippen LogP contribution in [0.15, 0.2) is 24.3 Å². The zero-order valence-electron chi connectivity index (χ0n) is 12.0. The summed E-state index contributed by atoms with van der Waals surface area (Å²) in [5.74, 6) is 0.771. The average Bonchev–Trinajstić information content (AvgIpc) is 2.53. The first-order valence-corrected chi connectivity index (χ1v) is 6.87. The summed E-state index contributed by atoms with van der Waals surface area (Å²) < 4.78 is 10.5. The Kier molecular flexibility index (Phi) is 4.98. The molecular weight excluding hydrogens is 256 g/mol. The van der Waals surface area contributed by atoms with Crippen molar-refractivity contribution in [3.63, 3.8) is 0 Å². The molecule has 1 aromatic rings. The molecule has 1 aliphatic heterocycles. The number of nitrogens with two attached hydrogens (primary N) is 1. The lowest BCUT2D eigenvalue weighted by Crippen LogP contribution is -2.51. The van der Waals surface area contributed by atoms with Gasteiger partial charge in [0.05, 0.1) is 13.2 Å². The monoisotopic (exact) mass is 278 g/mol. The lowest BCUT2D eigenvalue weighted by atomic mass is 9.98. The van der Waals surface area contributed by atoms with Crippen LogP contribution in [-0.4, -0.2) is 50.3 Å². The smallest absolute Gasteiger partial charge is 0.254 e. The average molecular weight is 278 g/mol. The molecule has 20 heavy (non-hydrogen) atoms. The van der Waals surface area contributed by atoms with Crippen LogP contribution in [0.25, 0.3) is 0 Å². The first kappa shape index (κ1) is 14.8. The zero-order valence-corrected chi connectivity index (χ0v) is 12.0. The van der Waals surface area contributed by atoms with E-state index in [1.165, 1.54) is 0 Å². The van der Waals surface area contributed by atoms with Crippen LogP contribution < -0.4 is 10.5 Å². The highest BCUT2D eigenvalue weighted by Crippen LogP contribution is 2.22. The van der Waals surface area contributed by atoms with Crippen molar-refractivity contribution in [1.29, 1.82) is 0 Å². The second kappa shape index (κ2) is 6.72. The molecule has 5 nitrogen and oxygen atoms in total. The van der Waals surface area contributed by atoms with Crippen molar-refractivity contribution in [2.24, 2.45) is 5.73 Å². The molecule has 110 valence electrons.